The molecule has 0 heterocycles. The highest BCUT2D eigenvalue weighted by atomic mass is 35.5. The summed E-state index contributed by atoms with van der Waals surface area (Å²) in [5, 5.41) is 4.30. The first-order chi connectivity index (χ1) is 9.50. The van der Waals surface area contributed by atoms with E-state index in [1.54, 1.807) is 7.11 Å². The molecule has 2 nitrogen and oxygen atoms in total. The first-order valence-electron chi connectivity index (χ1n) is 7.56. The molecule has 2 rings (SSSR count). The first kappa shape index (κ1) is 15.7. The second-order valence-electron chi connectivity index (χ2n) is 6.61. The molecule has 1 N–H and O–H groups in total. The normalized spacial score (nSPS) is 15.4. The minimum absolute atomic E-state index is 0.369. The van der Waals surface area contributed by atoms with Crippen LogP contribution in [0.4, 0.5) is 0 Å². The monoisotopic (exact) mass is 295 g/mol. The van der Waals surface area contributed by atoms with Gasteiger partial charge in [0.1, 0.15) is 5.75 Å². The Morgan fingerprint density at radius 3 is 2.65 bits per heavy atom. The number of hydrogen-bond acceptors (Lipinski definition) is 2. The SMILES string of the molecule is COc1ccc(CCC(C)(C)CCNC2CC2)cc1Cl. The van der Waals surface area contributed by atoms with Gasteiger partial charge in [0.05, 0.1) is 12.1 Å². The lowest BCUT2D eigenvalue weighted by atomic mass is 9.83. The Bertz CT molecular complexity index is 441. The van der Waals surface area contributed by atoms with Crippen LogP contribution in [-0.2, 0) is 6.42 Å². The highest BCUT2D eigenvalue weighted by Gasteiger charge is 2.22. The van der Waals surface area contributed by atoms with Gasteiger partial charge in [-0.05, 0) is 61.8 Å². The Hall–Kier alpha value is -0.730. The third kappa shape index (κ3) is 4.99. The van der Waals surface area contributed by atoms with Crippen LogP contribution in [0.1, 0.15) is 45.1 Å². The van der Waals surface area contributed by atoms with Crippen LogP contribution in [0.3, 0.4) is 0 Å². The lowest BCUT2D eigenvalue weighted by Crippen LogP contribution is -2.24. The Morgan fingerprint density at radius 2 is 2.05 bits per heavy atom. The molecular weight excluding hydrogens is 270 g/mol. The van der Waals surface area contributed by atoms with Crippen LogP contribution < -0.4 is 10.1 Å². The van der Waals surface area contributed by atoms with Crippen LogP contribution in [0.2, 0.25) is 5.02 Å². The fourth-order valence-corrected chi connectivity index (χ4v) is 2.66. The molecule has 0 amide bonds. The maximum Gasteiger partial charge on any atom is 0.137 e. The number of hydrogen-bond donors (Lipinski definition) is 1. The number of rotatable bonds is 8. The summed E-state index contributed by atoms with van der Waals surface area (Å²) in [4.78, 5) is 0. The summed E-state index contributed by atoms with van der Waals surface area (Å²) >= 11 is 6.17. The van der Waals surface area contributed by atoms with Gasteiger partial charge in [-0.1, -0.05) is 31.5 Å². The van der Waals surface area contributed by atoms with Gasteiger partial charge in [-0.2, -0.15) is 0 Å². The van der Waals surface area contributed by atoms with E-state index in [0.717, 1.165) is 24.8 Å². The predicted molar refractivity (Wildman–Crippen MR) is 85.7 cm³/mol. The molecule has 1 fully saturated rings. The van der Waals surface area contributed by atoms with Crippen molar-refractivity contribution in [1.29, 1.82) is 0 Å². The number of nitrogens with one attached hydrogen (secondary N) is 1. The third-order valence-electron chi connectivity index (χ3n) is 4.12. The van der Waals surface area contributed by atoms with Crippen molar-refractivity contribution in [3.63, 3.8) is 0 Å². The molecule has 1 aromatic rings. The molecular formula is C17H26ClNO. The van der Waals surface area contributed by atoms with Crippen molar-refractivity contribution < 1.29 is 4.74 Å². The molecule has 1 aliphatic carbocycles. The highest BCUT2D eigenvalue weighted by Crippen LogP contribution is 2.30. The summed E-state index contributed by atoms with van der Waals surface area (Å²) in [5.41, 5.74) is 1.66. The molecule has 1 aromatic carbocycles. The van der Waals surface area contributed by atoms with Gasteiger partial charge in [0, 0.05) is 6.04 Å². The average molecular weight is 296 g/mol. The van der Waals surface area contributed by atoms with Gasteiger partial charge < -0.3 is 10.1 Å². The summed E-state index contributed by atoms with van der Waals surface area (Å²) in [7, 11) is 1.65. The standard InChI is InChI=1S/C17H26ClNO/c1-17(2,10-11-19-14-5-6-14)9-8-13-4-7-16(20-3)15(18)12-13/h4,7,12,14,19H,5-6,8-11H2,1-3H3. The summed E-state index contributed by atoms with van der Waals surface area (Å²) < 4.78 is 5.19. The lowest BCUT2D eigenvalue weighted by Gasteiger charge is -2.25. The number of benzene rings is 1. The molecule has 1 aliphatic rings. The van der Waals surface area contributed by atoms with E-state index in [0.29, 0.717) is 10.4 Å². The fourth-order valence-electron chi connectivity index (χ4n) is 2.38. The zero-order valence-corrected chi connectivity index (χ0v) is 13.6. The van der Waals surface area contributed by atoms with E-state index in [4.69, 9.17) is 16.3 Å². The molecule has 0 bridgehead atoms. The zero-order chi connectivity index (χ0) is 14.6. The minimum atomic E-state index is 0.369. The van der Waals surface area contributed by atoms with Gasteiger partial charge in [0.2, 0.25) is 0 Å². The summed E-state index contributed by atoms with van der Waals surface area (Å²) in [5.74, 6) is 0.753. The van der Waals surface area contributed by atoms with Gasteiger partial charge >= 0.3 is 0 Å². The Morgan fingerprint density at radius 1 is 1.30 bits per heavy atom. The van der Waals surface area contributed by atoms with Crippen LogP contribution in [-0.4, -0.2) is 19.7 Å². The Labute approximate surface area is 127 Å². The van der Waals surface area contributed by atoms with Crippen LogP contribution in [0.5, 0.6) is 5.75 Å². The Kier molecular flexibility index (Phi) is 5.34. The van der Waals surface area contributed by atoms with Crippen LogP contribution in [0, 0.1) is 5.41 Å². The van der Waals surface area contributed by atoms with Gasteiger partial charge in [0.15, 0.2) is 0 Å². The molecule has 112 valence electrons. The fraction of sp³-hybridized carbons (Fsp3) is 0.647. The smallest absolute Gasteiger partial charge is 0.137 e. The van der Waals surface area contributed by atoms with E-state index < -0.39 is 0 Å². The molecule has 0 saturated heterocycles. The van der Waals surface area contributed by atoms with Crippen molar-refractivity contribution in [3.8, 4) is 5.75 Å². The van der Waals surface area contributed by atoms with Crippen LogP contribution in [0.15, 0.2) is 18.2 Å². The molecule has 3 heteroatoms. The number of ether oxygens (including phenoxy) is 1. The van der Waals surface area contributed by atoms with E-state index in [2.05, 4.69) is 25.2 Å². The molecule has 0 atom stereocenters. The van der Waals surface area contributed by atoms with Crippen molar-refractivity contribution >= 4 is 11.6 Å². The lowest BCUT2D eigenvalue weighted by molar-refractivity contribution is 0.302. The first-order valence-corrected chi connectivity index (χ1v) is 7.94. The average Bonchev–Trinajstić information content (AvgIpc) is 3.21. The van der Waals surface area contributed by atoms with Crippen molar-refractivity contribution in [2.45, 2.75) is 52.0 Å². The Balaban J connectivity index is 1.78. The maximum atomic E-state index is 6.17. The summed E-state index contributed by atoms with van der Waals surface area (Å²) in [6.45, 7) is 5.85. The second-order valence-corrected chi connectivity index (χ2v) is 7.02. The molecule has 0 radical (unpaired) electrons. The van der Waals surface area contributed by atoms with E-state index in [1.807, 2.05) is 12.1 Å². The van der Waals surface area contributed by atoms with E-state index in [1.165, 1.54) is 31.2 Å². The maximum absolute atomic E-state index is 6.17. The molecule has 20 heavy (non-hydrogen) atoms. The minimum Gasteiger partial charge on any atom is -0.495 e. The van der Waals surface area contributed by atoms with Gasteiger partial charge in [0.25, 0.3) is 0 Å². The van der Waals surface area contributed by atoms with E-state index >= 15 is 0 Å². The van der Waals surface area contributed by atoms with Crippen LogP contribution >= 0.6 is 11.6 Å². The van der Waals surface area contributed by atoms with Crippen molar-refractivity contribution in [1.82, 2.24) is 5.32 Å². The van der Waals surface area contributed by atoms with E-state index in [9.17, 15) is 0 Å². The molecule has 0 aliphatic heterocycles. The van der Waals surface area contributed by atoms with E-state index in [-0.39, 0.29) is 0 Å². The molecule has 1 saturated carbocycles. The largest absolute Gasteiger partial charge is 0.495 e. The topological polar surface area (TPSA) is 21.3 Å². The van der Waals surface area contributed by atoms with Gasteiger partial charge in [-0.3, -0.25) is 0 Å². The van der Waals surface area contributed by atoms with Crippen molar-refractivity contribution in [3.05, 3.63) is 28.8 Å². The number of halogens is 1. The van der Waals surface area contributed by atoms with Crippen molar-refractivity contribution in [2.24, 2.45) is 5.41 Å². The number of aryl methyl sites for hydroxylation is 1. The van der Waals surface area contributed by atoms with Crippen LogP contribution in [0.25, 0.3) is 0 Å². The molecule has 0 spiro atoms. The summed E-state index contributed by atoms with van der Waals surface area (Å²) in [6, 6.07) is 6.91. The van der Waals surface area contributed by atoms with Gasteiger partial charge in [-0.25, -0.2) is 0 Å². The third-order valence-corrected chi connectivity index (χ3v) is 4.41. The quantitative estimate of drug-likeness (QED) is 0.765. The highest BCUT2D eigenvalue weighted by molar-refractivity contribution is 6.32. The molecule has 0 unspecified atom stereocenters. The number of methoxy groups -OCH3 is 1. The van der Waals surface area contributed by atoms with Crippen molar-refractivity contribution in [2.75, 3.05) is 13.7 Å². The summed E-state index contributed by atoms with van der Waals surface area (Å²) in [6.07, 6.45) is 6.21. The molecule has 0 aromatic heterocycles. The van der Waals surface area contributed by atoms with Gasteiger partial charge in [-0.15, -0.1) is 0 Å². The predicted octanol–water partition coefficient (Wildman–Crippen LogP) is 4.45. The zero-order valence-electron chi connectivity index (χ0n) is 12.8. The second kappa shape index (κ2) is 6.82.